The minimum atomic E-state index is 0. The summed E-state index contributed by atoms with van der Waals surface area (Å²) in [6, 6.07) is 1.07. The second kappa shape index (κ2) is 10.1. The highest BCUT2D eigenvalue weighted by Gasteiger charge is 2.65. The lowest BCUT2D eigenvalue weighted by molar-refractivity contribution is -0.125. The first-order valence-corrected chi connectivity index (χ1v) is 12.4. The zero-order valence-electron chi connectivity index (χ0n) is 19.8. The third-order valence-electron chi connectivity index (χ3n) is 8.55. The topological polar surface area (TPSA) is 79.6 Å². The molecule has 0 bridgehead atoms. The van der Waals surface area contributed by atoms with E-state index in [9.17, 15) is 0 Å². The Kier molecular flexibility index (Phi) is 7.66. The molecule has 2 saturated carbocycles. The van der Waals surface area contributed by atoms with E-state index in [1.165, 1.54) is 51.5 Å². The van der Waals surface area contributed by atoms with Crippen LogP contribution in [-0.4, -0.2) is 70.1 Å². The Balaban J connectivity index is 0.00000245. The fourth-order valence-corrected chi connectivity index (χ4v) is 6.70. The minimum absolute atomic E-state index is 0. The van der Waals surface area contributed by atoms with Crippen LogP contribution >= 0.6 is 24.0 Å². The van der Waals surface area contributed by atoms with Gasteiger partial charge in [0.1, 0.15) is 12.4 Å². The molecule has 4 aliphatic rings. The van der Waals surface area contributed by atoms with Crippen molar-refractivity contribution < 1.29 is 4.74 Å². The fraction of sp³-hybridized carbons (Fsp3) is 0.870. The third-order valence-corrected chi connectivity index (χ3v) is 8.55. The van der Waals surface area contributed by atoms with Crippen LogP contribution in [0.4, 0.5) is 0 Å². The molecule has 9 heteroatoms. The predicted molar refractivity (Wildman–Crippen MR) is 136 cm³/mol. The van der Waals surface area contributed by atoms with Crippen LogP contribution in [0.15, 0.2) is 4.99 Å². The lowest BCUT2D eigenvalue weighted by atomic mass is 9.54. The van der Waals surface area contributed by atoms with Crippen LogP contribution in [0.25, 0.3) is 0 Å². The molecule has 3 heterocycles. The first-order chi connectivity index (χ1) is 15.1. The number of rotatable bonds is 6. The van der Waals surface area contributed by atoms with Gasteiger partial charge in [0.15, 0.2) is 11.8 Å². The van der Waals surface area contributed by atoms with Gasteiger partial charge >= 0.3 is 0 Å². The molecule has 4 unspecified atom stereocenters. The van der Waals surface area contributed by atoms with Crippen LogP contribution in [0.3, 0.4) is 0 Å². The lowest BCUT2D eigenvalue weighted by Gasteiger charge is -2.57. The summed E-state index contributed by atoms with van der Waals surface area (Å²) < 4.78 is 8.22. The van der Waals surface area contributed by atoms with Gasteiger partial charge in [-0.25, -0.2) is 4.99 Å². The number of likely N-dealkylation sites (tertiary alicyclic amines) is 1. The largest absolute Gasteiger partial charge is 0.377 e. The average Bonchev–Trinajstić information content (AvgIpc) is 3.56. The van der Waals surface area contributed by atoms with Gasteiger partial charge in [0.25, 0.3) is 0 Å². The molecule has 2 aliphatic heterocycles. The van der Waals surface area contributed by atoms with Gasteiger partial charge in [0.2, 0.25) is 0 Å². The maximum atomic E-state index is 6.19. The summed E-state index contributed by atoms with van der Waals surface area (Å²) in [5, 5.41) is 16.1. The van der Waals surface area contributed by atoms with E-state index in [0.717, 1.165) is 37.3 Å². The summed E-state index contributed by atoms with van der Waals surface area (Å²) in [6.07, 6.45) is 9.43. The number of aliphatic imine (C=N–C) groups is 1. The summed E-state index contributed by atoms with van der Waals surface area (Å²) in [5.41, 5.74) is 0.313. The van der Waals surface area contributed by atoms with Crippen LogP contribution < -0.4 is 10.6 Å². The second-order valence-electron chi connectivity index (χ2n) is 10.00. The summed E-state index contributed by atoms with van der Waals surface area (Å²) >= 11 is 0. The van der Waals surface area contributed by atoms with Crippen molar-refractivity contribution >= 4 is 29.9 Å². The molecule has 2 N–H and O–H groups in total. The number of hydrogen-bond donors (Lipinski definition) is 2. The number of fused-ring (bicyclic) bond motifs is 2. The van der Waals surface area contributed by atoms with Crippen LogP contribution in [0.5, 0.6) is 0 Å². The Bertz CT molecular complexity index is 806. The summed E-state index contributed by atoms with van der Waals surface area (Å²) in [6.45, 7) is 8.99. The molecule has 0 amide bonds. The minimum Gasteiger partial charge on any atom is -0.377 e. The highest BCUT2D eigenvalue weighted by Crippen LogP contribution is 2.60. The number of guanidine groups is 1. The van der Waals surface area contributed by atoms with Crippen LogP contribution in [0.1, 0.15) is 63.5 Å². The fourth-order valence-electron chi connectivity index (χ4n) is 6.70. The molecule has 4 fully saturated rings. The van der Waals surface area contributed by atoms with Gasteiger partial charge in [-0.05, 0) is 52.1 Å². The predicted octanol–water partition coefficient (Wildman–Crippen LogP) is 2.61. The third kappa shape index (κ3) is 4.29. The first-order valence-electron chi connectivity index (χ1n) is 12.4. The molecule has 1 aromatic rings. The molecule has 0 radical (unpaired) electrons. The molecule has 1 aromatic heterocycles. The summed E-state index contributed by atoms with van der Waals surface area (Å²) in [7, 11) is 2.01. The van der Waals surface area contributed by atoms with Gasteiger partial charge in [-0.3, -0.25) is 4.90 Å². The monoisotopic (exact) mass is 557 g/mol. The Morgan fingerprint density at radius 2 is 2.03 bits per heavy atom. The summed E-state index contributed by atoms with van der Waals surface area (Å²) in [5.74, 6) is 3.39. The van der Waals surface area contributed by atoms with Gasteiger partial charge in [0, 0.05) is 43.6 Å². The maximum Gasteiger partial charge on any atom is 0.192 e. The molecular formula is C23H40IN7O. The molecule has 180 valence electrons. The quantitative estimate of drug-likeness (QED) is 0.318. The highest BCUT2D eigenvalue weighted by molar-refractivity contribution is 14.0. The number of aromatic nitrogens is 3. The van der Waals surface area contributed by atoms with Gasteiger partial charge in [-0.1, -0.05) is 19.8 Å². The van der Waals surface area contributed by atoms with Gasteiger partial charge in [-0.2, -0.15) is 0 Å². The van der Waals surface area contributed by atoms with E-state index in [2.05, 4.69) is 32.7 Å². The molecule has 32 heavy (non-hydrogen) atoms. The Hall–Kier alpha value is -0.940. The van der Waals surface area contributed by atoms with Crippen molar-refractivity contribution in [3.63, 3.8) is 0 Å². The normalized spacial score (nSPS) is 31.4. The van der Waals surface area contributed by atoms with Crippen LogP contribution in [-0.2, 0) is 18.3 Å². The zero-order valence-corrected chi connectivity index (χ0v) is 22.2. The average molecular weight is 558 g/mol. The van der Waals surface area contributed by atoms with E-state index in [4.69, 9.17) is 9.73 Å². The highest BCUT2D eigenvalue weighted by atomic mass is 127. The van der Waals surface area contributed by atoms with Gasteiger partial charge in [-0.15, -0.1) is 34.2 Å². The number of nitrogens with zero attached hydrogens (tertiary/aromatic N) is 5. The van der Waals surface area contributed by atoms with Gasteiger partial charge in [0.05, 0.1) is 6.10 Å². The number of nitrogens with one attached hydrogen (secondary N) is 2. The van der Waals surface area contributed by atoms with Crippen LogP contribution in [0, 0.1) is 18.3 Å². The Labute approximate surface area is 209 Å². The number of likely N-dealkylation sites (N-methyl/N-ethyl adjacent to an activating group) is 1. The molecule has 4 atom stereocenters. The smallest absolute Gasteiger partial charge is 0.192 e. The number of hydrogen-bond acceptors (Lipinski definition) is 5. The number of halogens is 1. The Morgan fingerprint density at radius 1 is 1.22 bits per heavy atom. The second-order valence-corrected chi connectivity index (χ2v) is 10.00. The molecule has 5 rings (SSSR count). The van der Waals surface area contributed by atoms with Crippen molar-refractivity contribution in [2.24, 2.45) is 23.4 Å². The zero-order chi connectivity index (χ0) is 21.4. The van der Waals surface area contributed by atoms with Gasteiger partial charge < -0.3 is 19.9 Å². The van der Waals surface area contributed by atoms with Crippen molar-refractivity contribution in [2.45, 2.75) is 83.5 Å². The van der Waals surface area contributed by atoms with Crippen molar-refractivity contribution in [2.75, 3.05) is 26.2 Å². The molecular weight excluding hydrogens is 517 g/mol. The van der Waals surface area contributed by atoms with E-state index in [1.807, 2.05) is 18.5 Å². The SMILES string of the molecule is CCN1CCCC1CNC(=NCc1nnc(C)n1C)NC1C2CCOC2C12CCCC2.I. The van der Waals surface area contributed by atoms with E-state index in [1.54, 1.807) is 0 Å². The molecule has 1 spiro atoms. The summed E-state index contributed by atoms with van der Waals surface area (Å²) in [4.78, 5) is 7.56. The van der Waals surface area contributed by atoms with Crippen LogP contribution in [0.2, 0.25) is 0 Å². The van der Waals surface area contributed by atoms with E-state index in [-0.39, 0.29) is 24.0 Å². The first kappa shape index (κ1) is 24.2. The van der Waals surface area contributed by atoms with Crippen molar-refractivity contribution in [1.29, 1.82) is 0 Å². The van der Waals surface area contributed by atoms with Crippen molar-refractivity contribution in [3.8, 4) is 0 Å². The number of aryl methyl sites for hydroxylation is 1. The van der Waals surface area contributed by atoms with Crippen molar-refractivity contribution in [3.05, 3.63) is 11.6 Å². The van der Waals surface area contributed by atoms with E-state index >= 15 is 0 Å². The molecule has 2 aliphatic carbocycles. The molecule has 2 saturated heterocycles. The maximum absolute atomic E-state index is 6.19. The number of ether oxygens (including phenoxy) is 1. The lowest BCUT2D eigenvalue weighted by Crippen LogP contribution is -2.69. The standard InChI is InChI=1S/C23H39N7O.HI/c1-4-30-12-7-8-17(30)14-24-22(25-15-19-28-27-16(2)29(19)3)26-20-18-9-13-31-21(18)23(20)10-5-6-11-23;/h17-18,20-21H,4-15H2,1-3H3,(H2,24,25,26);1H. The van der Waals surface area contributed by atoms with E-state index in [0.29, 0.717) is 36.1 Å². The molecule has 0 aromatic carbocycles. The van der Waals surface area contributed by atoms with Crippen molar-refractivity contribution in [1.82, 2.24) is 30.3 Å². The Morgan fingerprint density at radius 3 is 2.75 bits per heavy atom. The molecule has 8 nitrogen and oxygen atoms in total. The van der Waals surface area contributed by atoms with E-state index < -0.39 is 0 Å².